The topological polar surface area (TPSA) is 28.7 Å². The molecular formula is C12H16N2. The molecule has 0 aliphatic heterocycles. The van der Waals surface area contributed by atoms with Crippen molar-refractivity contribution in [1.82, 2.24) is 9.97 Å². The minimum atomic E-state index is 0.221. The summed E-state index contributed by atoms with van der Waals surface area (Å²) in [7, 11) is 0. The van der Waals surface area contributed by atoms with Crippen LogP contribution in [0.4, 0.5) is 0 Å². The van der Waals surface area contributed by atoms with Crippen molar-refractivity contribution in [3.8, 4) is 0 Å². The van der Waals surface area contributed by atoms with Gasteiger partial charge >= 0.3 is 0 Å². The van der Waals surface area contributed by atoms with Gasteiger partial charge in [-0.15, -0.1) is 0 Å². The highest BCUT2D eigenvalue weighted by molar-refractivity contribution is 5.79. The molecule has 0 unspecified atom stereocenters. The molecule has 2 aromatic heterocycles. The van der Waals surface area contributed by atoms with Crippen LogP contribution in [-0.4, -0.2) is 9.97 Å². The summed E-state index contributed by atoms with van der Waals surface area (Å²) < 4.78 is 0. The molecule has 74 valence electrons. The van der Waals surface area contributed by atoms with Crippen molar-refractivity contribution in [3.63, 3.8) is 0 Å². The molecule has 0 radical (unpaired) electrons. The summed E-state index contributed by atoms with van der Waals surface area (Å²) in [5.41, 5.74) is 2.69. The molecule has 2 heterocycles. The molecule has 0 amide bonds. The molecule has 0 aliphatic carbocycles. The summed E-state index contributed by atoms with van der Waals surface area (Å²) in [6.45, 7) is 6.72. The van der Waals surface area contributed by atoms with E-state index in [1.54, 1.807) is 0 Å². The highest BCUT2D eigenvalue weighted by Gasteiger charge is 2.19. The number of hydrogen-bond acceptors (Lipinski definition) is 1. The number of nitrogens with zero attached hydrogens (tertiary/aromatic N) is 1. The van der Waals surface area contributed by atoms with E-state index in [9.17, 15) is 0 Å². The Morgan fingerprint density at radius 3 is 2.86 bits per heavy atom. The maximum Gasteiger partial charge on any atom is 0.0487 e. The molecule has 2 aromatic rings. The zero-order chi connectivity index (χ0) is 10.2. The third kappa shape index (κ3) is 1.41. The third-order valence-corrected chi connectivity index (χ3v) is 3.03. The second-order valence-corrected chi connectivity index (χ2v) is 4.38. The van der Waals surface area contributed by atoms with Gasteiger partial charge in [-0.3, -0.25) is 4.98 Å². The maximum absolute atomic E-state index is 4.11. The molecule has 0 fully saturated rings. The van der Waals surface area contributed by atoms with Crippen molar-refractivity contribution in [2.75, 3.05) is 0 Å². The quantitative estimate of drug-likeness (QED) is 0.770. The molecule has 2 rings (SSSR count). The molecule has 0 saturated heterocycles. The number of nitrogens with one attached hydrogen (secondary N) is 1. The van der Waals surface area contributed by atoms with Gasteiger partial charge in [-0.25, -0.2) is 0 Å². The van der Waals surface area contributed by atoms with Crippen LogP contribution in [0.3, 0.4) is 0 Å². The van der Waals surface area contributed by atoms with Crippen molar-refractivity contribution in [3.05, 3.63) is 30.2 Å². The summed E-state index contributed by atoms with van der Waals surface area (Å²) in [5.74, 6) is 0. The number of aromatic nitrogens is 2. The van der Waals surface area contributed by atoms with Crippen LogP contribution in [0, 0.1) is 0 Å². The molecular weight excluding hydrogens is 172 g/mol. The van der Waals surface area contributed by atoms with E-state index in [1.807, 2.05) is 18.5 Å². The van der Waals surface area contributed by atoms with Gasteiger partial charge in [-0.1, -0.05) is 20.8 Å². The van der Waals surface area contributed by atoms with E-state index in [1.165, 1.54) is 16.6 Å². The second-order valence-electron chi connectivity index (χ2n) is 4.38. The minimum absolute atomic E-state index is 0.221. The predicted octanol–water partition coefficient (Wildman–Crippen LogP) is 3.25. The van der Waals surface area contributed by atoms with Crippen LogP contribution >= 0.6 is 0 Å². The van der Waals surface area contributed by atoms with E-state index in [-0.39, 0.29) is 5.41 Å². The van der Waals surface area contributed by atoms with Gasteiger partial charge in [-0.05, 0) is 18.6 Å². The number of rotatable bonds is 2. The Bertz CT molecular complexity index is 407. The maximum atomic E-state index is 4.11. The van der Waals surface area contributed by atoms with Crippen molar-refractivity contribution in [1.29, 1.82) is 0 Å². The Labute approximate surface area is 84.4 Å². The van der Waals surface area contributed by atoms with Gasteiger partial charge in [-0.2, -0.15) is 0 Å². The second kappa shape index (κ2) is 3.12. The van der Waals surface area contributed by atoms with Gasteiger partial charge in [0.15, 0.2) is 0 Å². The molecule has 2 nitrogen and oxygen atoms in total. The smallest absolute Gasteiger partial charge is 0.0487 e. The Morgan fingerprint density at radius 2 is 2.21 bits per heavy atom. The first kappa shape index (κ1) is 9.25. The van der Waals surface area contributed by atoms with Crippen molar-refractivity contribution < 1.29 is 0 Å². The van der Waals surface area contributed by atoms with E-state index in [4.69, 9.17) is 0 Å². The van der Waals surface area contributed by atoms with Crippen LogP contribution in [0.1, 0.15) is 32.9 Å². The van der Waals surface area contributed by atoms with Crippen molar-refractivity contribution in [2.24, 2.45) is 0 Å². The number of aromatic amines is 1. The zero-order valence-electron chi connectivity index (χ0n) is 8.96. The lowest BCUT2D eigenvalue weighted by Crippen LogP contribution is -2.15. The number of hydrogen-bond donors (Lipinski definition) is 1. The first-order valence-corrected chi connectivity index (χ1v) is 5.07. The fraction of sp³-hybridized carbons (Fsp3) is 0.417. The highest BCUT2D eigenvalue weighted by Crippen LogP contribution is 2.28. The summed E-state index contributed by atoms with van der Waals surface area (Å²) >= 11 is 0. The Hall–Kier alpha value is -1.31. The van der Waals surface area contributed by atoms with E-state index in [0.29, 0.717) is 0 Å². The van der Waals surface area contributed by atoms with E-state index in [2.05, 4.69) is 36.8 Å². The summed E-state index contributed by atoms with van der Waals surface area (Å²) in [4.78, 5) is 7.56. The van der Waals surface area contributed by atoms with E-state index >= 15 is 0 Å². The lowest BCUT2D eigenvalue weighted by atomic mass is 9.87. The molecule has 0 atom stereocenters. The molecule has 0 aliphatic rings. The molecule has 0 aromatic carbocycles. The number of H-pyrrole nitrogens is 1. The third-order valence-electron chi connectivity index (χ3n) is 3.03. The van der Waals surface area contributed by atoms with E-state index in [0.717, 1.165) is 6.42 Å². The van der Waals surface area contributed by atoms with E-state index < -0.39 is 0 Å². The monoisotopic (exact) mass is 188 g/mol. The first-order chi connectivity index (χ1) is 6.63. The van der Waals surface area contributed by atoms with Crippen molar-refractivity contribution >= 4 is 10.9 Å². The Morgan fingerprint density at radius 1 is 1.43 bits per heavy atom. The average Bonchev–Trinajstić information content (AvgIpc) is 2.61. The van der Waals surface area contributed by atoms with Gasteiger partial charge in [0.05, 0.1) is 0 Å². The van der Waals surface area contributed by atoms with Crippen molar-refractivity contribution in [2.45, 2.75) is 32.6 Å². The van der Waals surface area contributed by atoms with Gasteiger partial charge in [0.1, 0.15) is 0 Å². The Kier molecular flexibility index (Phi) is 2.06. The molecule has 0 bridgehead atoms. The summed E-state index contributed by atoms with van der Waals surface area (Å²) in [5, 5.41) is 1.20. The molecule has 2 heteroatoms. The molecule has 0 spiro atoms. The molecule has 14 heavy (non-hydrogen) atoms. The zero-order valence-corrected chi connectivity index (χ0v) is 8.96. The van der Waals surface area contributed by atoms with Crippen LogP contribution in [0.2, 0.25) is 0 Å². The average molecular weight is 188 g/mol. The fourth-order valence-electron chi connectivity index (χ4n) is 1.53. The number of fused-ring (bicyclic) bond motifs is 1. The standard InChI is InChI=1S/C12H16N2/c1-4-12(2,3)11-7-9-8-13-6-5-10(9)14-11/h5-8,14H,4H2,1-3H3. The van der Waals surface area contributed by atoms with Crippen LogP contribution in [0.15, 0.2) is 24.5 Å². The van der Waals surface area contributed by atoms with Crippen LogP contribution in [0.25, 0.3) is 10.9 Å². The lowest BCUT2D eigenvalue weighted by Gasteiger charge is -2.20. The van der Waals surface area contributed by atoms with Gasteiger partial charge < -0.3 is 4.98 Å². The van der Waals surface area contributed by atoms with Gasteiger partial charge in [0, 0.05) is 34.4 Å². The largest absolute Gasteiger partial charge is 0.358 e. The van der Waals surface area contributed by atoms with Crippen LogP contribution in [-0.2, 0) is 5.41 Å². The summed E-state index contributed by atoms with van der Waals surface area (Å²) in [6, 6.07) is 4.22. The van der Waals surface area contributed by atoms with Crippen LogP contribution < -0.4 is 0 Å². The number of pyridine rings is 1. The molecule has 1 N–H and O–H groups in total. The van der Waals surface area contributed by atoms with Gasteiger partial charge in [0.2, 0.25) is 0 Å². The molecule has 0 saturated carbocycles. The first-order valence-electron chi connectivity index (χ1n) is 5.07. The minimum Gasteiger partial charge on any atom is -0.358 e. The predicted molar refractivity (Wildman–Crippen MR) is 59.4 cm³/mol. The fourth-order valence-corrected chi connectivity index (χ4v) is 1.53. The Balaban J connectivity index is 2.55. The highest BCUT2D eigenvalue weighted by atomic mass is 14.7. The SMILES string of the molecule is CCC(C)(C)c1cc2cnccc2[nH]1. The summed E-state index contributed by atoms with van der Waals surface area (Å²) in [6.07, 6.45) is 4.86. The van der Waals surface area contributed by atoms with Gasteiger partial charge in [0.25, 0.3) is 0 Å². The lowest BCUT2D eigenvalue weighted by molar-refractivity contribution is 0.494. The normalized spacial score (nSPS) is 12.2. The van der Waals surface area contributed by atoms with Crippen LogP contribution in [0.5, 0.6) is 0 Å².